The van der Waals surface area contributed by atoms with Gasteiger partial charge in [0.05, 0.1) is 11.2 Å². The molecule has 0 saturated carbocycles. The summed E-state index contributed by atoms with van der Waals surface area (Å²) in [5.74, 6) is 1.57. The topological polar surface area (TPSA) is 55.1 Å². The molecule has 0 spiro atoms. The molecule has 0 bridgehead atoms. The summed E-state index contributed by atoms with van der Waals surface area (Å²) in [4.78, 5) is 16.2. The molecule has 3 rings (SSSR count). The van der Waals surface area contributed by atoms with E-state index in [0.29, 0.717) is 10.8 Å². The van der Waals surface area contributed by atoms with Crippen molar-refractivity contribution in [3.8, 4) is 0 Å². The van der Waals surface area contributed by atoms with Crippen molar-refractivity contribution in [3.63, 3.8) is 0 Å². The number of aromatic nitrogens is 2. The predicted molar refractivity (Wildman–Crippen MR) is 97.3 cm³/mol. The molecule has 2 atom stereocenters. The van der Waals surface area contributed by atoms with Crippen LogP contribution in [0.4, 0.5) is 0 Å². The lowest BCUT2D eigenvalue weighted by molar-refractivity contribution is -0.131. The minimum Gasteiger partial charge on any atom is -0.477 e. The summed E-state index contributed by atoms with van der Waals surface area (Å²) < 4.78 is 2.08. The largest absolute Gasteiger partial charge is 0.477 e. The minimum absolute atomic E-state index is 0. The number of halogens is 1. The molecule has 2 heterocycles. The van der Waals surface area contributed by atoms with Gasteiger partial charge in [-0.05, 0) is 23.7 Å². The number of aliphatic carboxylic acids is 1. The Balaban J connectivity index is 0.00000192. The second kappa shape index (κ2) is 8.22. The van der Waals surface area contributed by atoms with Crippen molar-refractivity contribution in [1.29, 1.82) is 0 Å². The molecule has 0 amide bonds. The smallest absolute Gasteiger partial charge is 0.340 e. The molecular formula is C17H21ClN2O2S. The fraction of sp³-hybridized carbons (Fsp3) is 0.294. The van der Waals surface area contributed by atoms with Crippen molar-refractivity contribution in [1.82, 2.24) is 9.55 Å². The van der Waals surface area contributed by atoms with Gasteiger partial charge in [0.2, 0.25) is 0 Å². The van der Waals surface area contributed by atoms with Gasteiger partial charge in [0.25, 0.3) is 0 Å². The van der Waals surface area contributed by atoms with Crippen LogP contribution in [0.2, 0.25) is 0 Å². The molecule has 23 heavy (non-hydrogen) atoms. The molecule has 1 N–H and O–H groups in total. The van der Waals surface area contributed by atoms with Gasteiger partial charge in [-0.1, -0.05) is 36.4 Å². The maximum absolute atomic E-state index is 11.5. The standard InChI is InChI=1S/C17H20N2O2S.ClH/c20-17(21)16-7-6-15(10-19-9-8-18-13-19)12-22(16)11-14-4-2-1-3-5-14;/h1-5,7-9,13,15,22H,6,10-12H2,(H,20,21);1H. The van der Waals surface area contributed by atoms with Crippen LogP contribution in [0.3, 0.4) is 0 Å². The van der Waals surface area contributed by atoms with Crippen LogP contribution in [-0.4, -0.2) is 26.4 Å². The molecule has 1 aromatic carbocycles. The lowest BCUT2D eigenvalue weighted by Gasteiger charge is -2.31. The molecule has 0 saturated heterocycles. The summed E-state index contributed by atoms with van der Waals surface area (Å²) in [6.45, 7) is 0.914. The molecule has 4 nitrogen and oxygen atoms in total. The first-order valence-electron chi connectivity index (χ1n) is 7.40. The van der Waals surface area contributed by atoms with Gasteiger partial charge in [0.15, 0.2) is 0 Å². The van der Waals surface area contributed by atoms with E-state index in [4.69, 9.17) is 0 Å². The van der Waals surface area contributed by atoms with Crippen molar-refractivity contribution < 1.29 is 9.90 Å². The number of nitrogens with zero attached hydrogens (tertiary/aromatic N) is 2. The van der Waals surface area contributed by atoms with Crippen LogP contribution in [0.5, 0.6) is 0 Å². The molecule has 1 aromatic heterocycles. The van der Waals surface area contributed by atoms with Crippen LogP contribution < -0.4 is 0 Å². The van der Waals surface area contributed by atoms with Crippen LogP contribution >= 0.6 is 23.3 Å². The fourth-order valence-electron chi connectivity index (χ4n) is 2.89. The van der Waals surface area contributed by atoms with Crippen LogP contribution in [-0.2, 0) is 17.1 Å². The van der Waals surface area contributed by atoms with E-state index in [1.807, 2.05) is 36.8 Å². The summed E-state index contributed by atoms with van der Waals surface area (Å²) in [5.41, 5.74) is 1.23. The molecule has 2 unspecified atom stereocenters. The lowest BCUT2D eigenvalue weighted by Crippen LogP contribution is -2.20. The Morgan fingerprint density at radius 3 is 2.78 bits per heavy atom. The lowest BCUT2D eigenvalue weighted by atomic mass is 10.1. The van der Waals surface area contributed by atoms with E-state index in [9.17, 15) is 9.90 Å². The molecule has 2 aromatic rings. The number of thiol groups is 1. The van der Waals surface area contributed by atoms with Gasteiger partial charge in [-0.3, -0.25) is 0 Å². The molecular weight excluding hydrogens is 332 g/mol. The third-order valence-electron chi connectivity index (χ3n) is 3.93. The first kappa shape index (κ1) is 17.6. The molecule has 1 aliphatic heterocycles. The maximum atomic E-state index is 11.5. The zero-order chi connectivity index (χ0) is 15.4. The van der Waals surface area contributed by atoms with E-state index in [-0.39, 0.29) is 12.4 Å². The Morgan fingerprint density at radius 2 is 2.13 bits per heavy atom. The normalized spacial score (nSPS) is 22.0. The highest BCUT2D eigenvalue weighted by Gasteiger charge is 2.25. The van der Waals surface area contributed by atoms with Gasteiger partial charge in [-0.15, -0.1) is 12.4 Å². The monoisotopic (exact) mass is 352 g/mol. The maximum Gasteiger partial charge on any atom is 0.340 e. The van der Waals surface area contributed by atoms with Gasteiger partial charge < -0.3 is 9.67 Å². The van der Waals surface area contributed by atoms with Crippen molar-refractivity contribution >= 4 is 29.3 Å². The van der Waals surface area contributed by atoms with Gasteiger partial charge in [0, 0.05) is 24.7 Å². The van der Waals surface area contributed by atoms with Crippen molar-refractivity contribution in [2.75, 3.05) is 5.75 Å². The van der Waals surface area contributed by atoms with Crippen LogP contribution in [0.1, 0.15) is 12.0 Å². The Bertz CT molecular complexity index is 658. The summed E-state index contributed by atoms with van der Waals surface area (Å²) in [7, 11) is -0.644. The number of carboxylic acid groups (broad SMARTS) is 1. The second-order valence-electron chi connectivity index (χ2n) is 5.62. The summed E-state index contributed by atoms with van der Waals surface area (Å²) in [5, 5.41) is 9.46. The molecule has 0 aliphatic carbocycles. The van der Waals surface area contributed by atoms with E-state index in [1.165, 1.54) is 5.56 Å². The average molecular weight is 353 g/mol. The number of imidazole rings is 1. The number of rotatable bonds is 5. The minimum atomic E-state index is -0.747. The fourth-order valence-corrected chi connectivity index (χ4v) is 5.56. The highest BCUT2D eigenvalue weighted by Crippen LogP contribution is 2.45. The highest BCUT2D eigenvalue weighted by atomic mass is 35.5. The van der Waals surface area contributed by atoms with E-state index in [2.05, 4.69) is 21.7 Å². The van der Waals surface area contributed by atoms with Crippen LogP contribution in [0.25, 0.3) is 0 Å². The first-order valence-corrected chi connectivity index (χ1v) is 9.11. The SMILES string of the molecule is Cl.O=C(O)C1=CCC(Cn2ccnc2)C[SH]1Cc1ccccc1. The Labute approximate surface area is 145 Å². The average Bonchev–Trinajstić information content (AvgIpc) is 3.01. The zero-order valence-electron chi connectivity index (χ0n) is 12.7. The Kier molecular flexibility index (Phi) is 6.30. The number of allylic oxidation sites excluding steroid dienone is 1. The van der Waals surface area contributed by atoms with E-state index < -0.39 is 16.9 Å². The first-order chi connectivity index (χ1) is 10.7. The van der Waals surface area contributed by atoms with E-state index in [1.54, 1.807) is 6.20 Å². The third-order valence-corrected chi connectivity index (χ3v) is 6.69. The predicted octanol–water partition coefficient (Wildman–Crippen LogP) is 3.49. The third kappa shape index (κ3) is 4.62. The van der Waals surface area contributed by atoms with Gasteiger partial charge in [0.1, 0.15) is 0 Å². The van der Waals surface area contributed by atoms with Crippen molar-refractivity contribution in [2.45, 2.75) is 18.7 Å². The van der Waals surface area contributed by atoms with Gasteiger partial charge in [-0.25, -0.2) is 20.7 Å². The number of hydrogen-bond donors (Lipinski definition) is 2. The zero-order valence-corrected chi connectivity index (χ0v) is 14.4. The van der Waals surface area contributed by atoms with E-state index >= 15 is 0 Å². The number of carbonyl (C=O) groups is 1. The number of hydrogen-bond acceptors (Lipinski definition) is 2. The quantitative estimate of drug-likeness (QED) is 0.810. The number of benzene rings is 1. The second-order valence-corrected chi connectivity index (χ2v) is 7.86. The van der Waals surface area contributed by atoms with Crippen LogP contribution in [0.15, 0.2) is 60.0 Å². The molecule has 0 radical (unpaired) electrons. The van der Waals surface area contributed by atoms with Crippen molar-refractivity contribution in [3.05, 3.63) is 65.6 Å². The Hall–Kier alpha value is -1.72. The van der Waals surface area contributed by atoms with Crippen LogP contribution in [0, 0.1) is 5.92 Å². The van der Waals surface area contributed by atoms with Gasteiger partial charge in [-0.2, -0.15) is 0 Å². The highest BCUT2D eigenvalue weighted by molar-refractivity contribution is 8.20. The van der Waals surface area contributed by atoms with Crippen molar-refractivity contribution in [2.24, 2.45) is 5.92 Å². The Morgan fingerprint density at radius 1 is 1.35 bits per heavy atom. The van der Waals surface area contributed by atoms with E-state index in [0.717, 1.165) is 24.5 Å². The summed E-state index contributed by atoms with van der Waals surface area (Å²) in [6, 6.07) is 10.2. The molecule has 6 heteroatoms. The van der Waals surface area contributed by atoms with Gasteiger partial charge >= 0.3 is 5.97 Å². The number of carboxylic acids is 1. The molecule has 124 valence electrons. The molecule has 1 aliphatic rings. The molecule has 0 fully saturated rings. The summed E-state index contributed by atoms with van der Waals surface area (Å²) >= 11 is 0. The summed E-state index contributed by atoms with van der Waals surface area (Å²) in [6.07, 6.45) is 8.37.